The molecule has 0 atom stereocenters. The van der Waals surface area contributed by atoms with Crippen molar-refractivity contribution in [3.63, 3.8) is 0 Å². The van der Waals surface area contributed by atoms with E-state index in [9.17, 15) is 14.0 Å². The van der Waals surface area contributed by atoms with E-state index in [0.29, 0.717) is 27.2 Å². The highest BCUT2D eigenvalue weighted by Crippen LogP contribution is 2.35. The monoisotopic (exact) mass is 451 g/mol. The van der Waals surface area contributed by atoms with Gasteiger partial charge in [0.15, 0.2) is 11.5 Å². The van der Waals surface area contributed by atoms with Gasteiger partial charge in [-0.05, 0) is 57.9 Å². The van der Waals surface area contributed by atoms with Crippen molar-refractivity contribution in [2.75, 3.05) is 19.5 Å². The van der Waals surface area contributed by atoms with Crippen LogP contribution in [0.5, 0.6) is 11.5 Å². The molecule has 0 saturated carbocycles. The molecule has 0 fully saturated rings. The van der Waals surface area contributed by atoms with E-state index in [-0.39, 0.29) is 18.7 Å². The smallest absolute Gasteiger partial charge is 0.240 e. The summed E-state index contributed by atoms with van der Waals surface area (Å²) in [6, 6.07) is 8.83. The van der Waals surface area contributed by atoms with Crippen LogP contribution in [0.3, 0.4) is 0 Å². The van der Waals surface area contributed by atoms with Crippen molar-refractivity contribution >= 4 is 39.6 Å². The first kappa shape index (κ1) is 21.4. The largest absolute Gasteiger partial charge is 0.493 e. The molecule has 148 valence electrons. The summed E-state index contributed by atoms with van der Waals surface area (Å²) >= 11 is 3.37. The molecule has 9 heteroatoms. The van der Waals surface area contributed by atoms with E-state index in [2.05, 4.69) is 31.8 Å². The lowest BCUT2D eigenvalue weighted by Gasteiger charge is -2.10. The fourth-order valence-electron chi connectivity index (χ4n) is 2.23. The summed E-state index contributed by atoms with van der Waals surface area (Å²) in [5.74, 6) is -0.0886. The maximum Gasteiger partial charge on any atom is 0.240 e. The first-order chi connectivity index (χ1) is 13.4. The van der Waals surface area contributed by atoms with Gasteiger partial charge in [0.1, 0.15) is 5.82 Å². The minimum Gasteiger partial charge on any atom is -0.493 e. The van der Waals surface area contributed by atoms with E-state index in [1.807, 2.05) is 0 Å². The molecule has 0 saturated heterocycles. The SMILES string of the molecule is COc1cc(C=NNC(=O)CCC(=O)Nc2ccc(F)cc2)cc(Br)c1OC. The van der Waals surface area contributed by atoms with Gasteiger partial charge in [0.05, 0.1) is 24.9 Å². The quantitative estimate of drug-likeness (QED) is 0.474. The number of benzene rings is 2. The number of carbonyl (C=O) groups excluding carboxylic acids is 2. The summed E-state index contributed by atoms with van der Waals surface area (Å²) in [4.78, 5) is 23.6. The van der Waals surface area contributed by atoms with Crippen LogP contribution in [-0.4, -0.2) is 32.2 Å². The molecule has 7 nitrogen and oxygen atoms in total. The fourth-order valence-corrected chi connectivity index (χ4v) is 2.85. The van der Waals surface area contributed by atoms with E-state index in [4.69, 9.17) is 9.47 Å². The average Bonchev–Trinajstić information content (AvgIpc) is 2.67. The Labute approximate surface area is 170 Å². The molecule has 2 N–H and O–H groups in total. The number of amides is 2. The number of nitrogens with one attached hydrogen (secondary N) is 2. The van der Waals surface area contributed by atoms with E-state index in [1.165, 1.54) is 44.7 Å². The summed E-state index contributed by atoms with van der Waals surface area (Å²) in [6.45, 7) is 0. The molecule has 0 aromatic heterocycles. The lowest BCUT2D eigenvalue weighted by atomic mass is 10.2. The Morgan fingerprint density at radius 2 is 1.79 bits per heavy atom. The van der Waals surface area contributed by atoms with Crippen molar-refractivity contribution in [2.45, 2.75) is 12.8 Å². The topological polar surface area (TPSA) is 89.0 Å². The van der Waals surface area contributed by atoms with Gasteiger partial charge in [-0.25, -0.2) is 9.82 Å². The second kappa shape index (κ2) is 10.4. The highest BCUT2D eigenvalue weighted by molar-refractivity contribution is 9.10. The molecule has 2 aromatic rings. The van der Waals surface area contributed by atoms with Crippen LogP contribution < -0.4 is 20.2 Å². The van der Waals surface area contributed by atoms with Crippen LogP contribution in [0.25, 0.3) is 0 Å². The van der Waals surface area contributed by atoms with Crippen LogP contribution in [0.4, 0.5) is 10.1 Å². The number of halogens is 2. The van der Waals surface area contributed by atoms with Crippen LogP contribution in [0.1, 0.15) is 18.4 Å². The minimum atomic E-state index is -0.412. The molecule has 0 aliphatic heterocycles. The van der Waals surface area contributed by atoms with E-state index < -0.39 is 11.7 Å². The molecule has 0 aliphatic rings. The van der Waals surface area contributed by atoms with Gasteiger partial charge in [0.2, 0.25) is 11.8 Å². The summed E-state index contributed by atoms with van der Waals surface area (Å²) in [6.07, 6.45) is 1.38. The number of methoxy groups -OCH3 is 2. The minimum absolute atomic E-state index is 0.0271. The van der Waals surface area contributed by atoms with Crippen LogP contribution in [0, 0.1) is 5.82 Å². The van der Waals surface area contributed by atoms with Crippen molar-refractivity contribution in [3.8, 4) is 11.5 Å². The lowest BCUT2D eigenvalue weighted by Crippen LogP contribution is -2.20. The molecular formula is C19H19BrFN3O4. The zero-order valence-corrected chi connectivity index (χ0v) is 16.9. The molecule has 0 heterocycles. The van der Waals surface area contributed by atoms with Crippen molar-refractivity contribution in [1.29, 1.82) is 0 Å². The lowest BCUT2D eigenvalue weighted by molar-refractivity contribution is -0.124. The second-order valence-corrected chi connectivity index (χ2v) is 6.44. The Morgan fingerprint density at radius 3 is 2.43 bits per heavy atom. The van der Waals surface area contributed by atoms with Gasteiger partial charge in [-0.2, -0.15) is 5.10 Å². The van der Waals surface area contributed by atoms with Gasteiger partial charge >= 0.3 is 0 Å². The van der Waals surface area contributed by atoms with Crippen LogP contribution in [0.2, 0.25) is 0 Å². The average molecular weight is 452 g/mol. The van der Waals surface area contributed by atoms with Gasteiger partial charge < -0.3 is 14.8 Å². The molecular weight excluding hydrogens is 433 g/mol. The van der Waals surface area contributed by atoms with Crippen LogP contribution >= 0.6 is 15.9 Å². The predicted molar refractivity (Wildman–Crippen MR) is 107 cm³/mol. The Bertz CT molecular complexity index is 872. The van der Waals surface area contributed by atoms with Gasteiger partial charge in [0, 0.05) is 18.5 Å². The highest BCUT2D eigenvalue weighted by Gasteiger charge is 2.10. The Hall–Kier alpha value is -2.94. The highest BCUT2D eigenvalue weighted by atomic mass is 79.9. The third-order valence-electron chi connectivity index (χ3n) is 3.57. The Morgan fingerprint density at radius 1 is 1.11 bits per heavy atom. The van der Waals surface area contributed by atoms with Crippen molar-refractivity contribution in [3.05, 3.63) is 52.3 Å². The Kier molecular flexibility index (Phi) is 7.94. The number of hydrogen-bond acceptors (Lipinski definition) is 5. The zero-order valence-electron chi connectivity index (χ0n) is 15.3. The molecule has 0 bridgehead atoms. The van der Waals surface area contributed by atoms with Gasteiger partial charge in [-0.15, -0.1) is 0 Å². The normalized spacial score (nSPS) is 10.6. The van der Waals surface area contributed by atoms with Crippen LogP contribution in [0.15, 0.2) is 46.0 Å². The van der Waals surface area contributed by atoms with Crippen molar-refractivity contribution < 1.29 is 23.5 Å². The summed E-state index contributed by atoms with van der Waals surface area (Å²) < 4.78 is 24.0. The van der Waals surface area contributed by atoms with Crippen molar-refractivity contribution in [1.82, 2.24) is 5.43 Å². The number of anilines is 1. The second-order valence-electron chi connectivity index (χ2n) is 5.59. The zero-order chi connectivity index (χ0) is 20.5. The van der Waals surface area contributed by atoms with E-state index in [0.717, 1.165) is 0 Å². The number of rotatable bonds is 8. The standard InChI is InChI=1S/C19H19BrFN3O4/c1-27-16-10-12(9-15(20)19(16)28-2)11-22-24-18(26)8-7-17(25)23-14-5-3-13(21)4-6-14/h3-6,9-11H,7-8H2,1-2H3,(H,23,25)(H,24,26). The number of carbonyl (C=O) groups is 2. The number of nitrogens with zero attached hydrogens (tertiary/aromatic N) is 1. The third kappa shape index (κ3) is 6.34. The predicted octanol–water partition coefficient (Wildman–Crippen LogP) is 3.47. The molecule has 0 radical (unpaired) electrons. The summed E-state index contributed by atoms with van der Waals surface area (Å²) in [5.41, 5.74) is 3.50. The first-order valence-electron chi connectivity index (χ1n) is 8.21. The molecule has 28 heavy (non-hydrogen) atoms. The summed E-state index contributed by atoms with van der Waals surface area (Å²) in [7, 11) is 3.05. The van der Waals surface area contributed by atoms with Gasteiger partial charge in [-0.3, -0.25) is 9.59 Å². The fraction of sp³-hybridized carbons (Fsp3) is 0.211. The molecule has 0 aliphatic carbocycles. The maximum atomic E-state index is 12.8. The summed E-state index contributed by atoms with van der Waals surface area (Å²) in [5, 5.41) is 6.45. The first-order valence-corrected chi connectivity index (χ1v) is 9.01. The van der Waals surface area contributed by atoms with Gasteiger partial charge in [-0.1, -0.05) is 0 Å². The maximum absolute atomic E-state index is 12.8. The molecule has 0 spiro atoms. The third-order valence-corrected chi connectivity index (χ3v) is 4.15. The molecule has 2 aromatic carbocycles. The number of ether oxygens (including phenoxy) is 2. The van der Waals surface area contributed by atoms with Crippen molar-refractivity contribution in [2.24, 2.45) is 5.10 Å². The van der Waals surface area contributed by atoms with Crippen LogP contribution in [-0.2, 0) is 9.59 Å². The number of hydrogen-bond donors (Lipinski definition) is 2. The van der Waals surface area contributed by atoms with Gasteiger partial charge in [0.25, 0.3) is 0 Å². The van der Waals surface area contributed by atoms with E-state index >= 15 is 0 Å². The molecule has 0 unspecified atom stereocenters. The molecule has 2 rings (SSSR count). The van der Waals surface area contributed by atoms with E-state index in [1.54, 1.807) is 12.1 Å². The number of hydrazone groups is 1. The Balaban J connectivity index is 1.82. The molecule has 2 amide bonds.